The number of aliphatic imine (C=N–C) groups is 1. The van der Waals surface area contributed by atoms with E-state index < -0.39 is 0 Å². The van der Waals surface area contributed by atoms with Crippen LogP contribution in [-0.2, 0) is 6.42 Å². The van der Waals surface area contributed by atoms with Gasteiger partial charge in [-0.3, -0.25) is 4.99 Å². The van der Waals surface area contributed by atoms with Gasteiger partial charge in [-0.1, -0.05) is 63.8 Å². The third kappa shape index (κ3) is 7.55. The maximum Gasteiger partial charge on any atom is 0.119 e. The van der Waals surface area contributed by atoms with Crippen LogP contribution in [0.5, 0.6) is 5.75 Å². The molecule has 0 aliphatic heterocycles. The molecule has 2 aromatic carbocycles. The summed E-state index contributed by atoms with van der Waals surface area (Å²) >= 11 is 0. The second kappa shape index (κ2) is 11.5. The normalized spacial score (nSPS) is 11.1. The number of rotatable bonds is 11. The molecule has 2 rings (SSSR count). The minimum absolute atomic E-state index is 0.782. The maximum absolute atomic E-state index is 5.67. The molecule has 2 aromatic rings. The van der Waals surface area contributed by atoms with Crippen LogP contribution >= 0.6 is 0 Å². The molecule has 0 aromatic heterocycles. The van der Waals surface area contributed by atoms with E-state index in [2.05, 4.69) is 43.1 Å². The van der Waals surface area contributed by atoms with E-state index in [1.54, 1.807) is 0 Å². The molecule has 0 heterocycles. The number of nitrogens with zero attached hydrogens (tertiary/aromatic N) is 1. The minimum Gasteiger partial charge on any atom is -0.494 e. The summed E-state index contributed by atoms with van der Waals surface area (Å²) in [6, 6.07) is 16.7. The van der Waals surface area contributed by atoms with Crippen molar-refractivity contribution < 1.29 is 4.74 Å². The molecule has 0 aliphatic rings. The lowest BCUT2D eigenvalue weighted by atomic mass is 10.0. The first-order chi connectivity index (χ1) is 12.3. The number of unbranched alkanes of at least 4 members (excludes halogenated alkanes) is 4. The molecule has 0 amide bonds. The molecule has 0 N–H and O–H groups in total. The number of benzene rings is 2. The summed E-state index contributed by atoms with van der Waals surface area (Å²) in [5, 5.41) is 0. The van der Waals surface area contributed by atoms with Gasteiger partial charge in [-0.05, 0) is 54.7 Å². The van der Waals surface area contributed by atoms with Crippen molar-refractivity contribution in [2.24, 2.45) is 4.99 Å². The highest BCUT2D eigenvalue weighted by molar-refractivity contribution is 5.81. The van der Waals surface area contributed by atoms with Crippen LogP contribution in [0.3, 0.4) is 0 Å². The van der Waals surface area contributed by atoms with Gasteiger partial charge >= 0.3 is 0 Å². The van der Waals surface area contributed by atoms with E-state index in [1.165, 1.54) is 37.7 Å². The molecule has 0 saturated heterocycles. The van der Waals surface area contributed by atoms with Gasteiger partial charge in [0.15, 0.2) is 0 Å². The van der Waals surface area contributed by atoms with Crippen molar-refractivity contribution in [2.45, 2.75) is 58.8 Å². The second-order valence-electron chi connectivity index (χ2n) is 6.51. The summed E-state index contributed by atoms with van der Waals surface area (Å²) in [4.78, 5) is 4.55. The first-order valence-electron chi connectivity index (χ1n) is 9.67. The van der Waals surface area contributed by atoms with Crippen molar-refractivity contribution >= 4 is 11.9 Å². The molecule has 0 saturated carbocycles. The van der Waals surface area contributed by atoms with Gasteiger partial charge in [0.05, 0.1) is 12.3 Å². The summed E-state index contributed by atoms with van der Waals surface area (Å²) < 4.78 is 5.67. The predicted octanol–water partition coefficient (Wildman–Crippen LogP) is 6.74. The number of ether oxygens (including phenoxy) is 1. The summed E-state index contributed by atoms with van der Waals surface area (Å²) in [5.41, 5.74) is 3.51. The quantitative estimate of drug-likeness (QED) is 0.329. The smallest absolute Gasteiger partial charge is 0.119 e. The standard InChI is InChI=1S/C23H31NO/c1-3-5-7-8-9-20-10-12-21(13-11-20)19-24-22-14-16-23(17-15-22)25-18-6-4-2/h10-17,19H,3-9,18H2,1-2H3. The monoisotopic (exact) mass is 337 g/mol. The van der Waals surface area contributed by atoms with E-state index in [9.17, 15) is 0 Å². The highest BCUT2D eigenvalue weighted by atomic mass is 16.5. The number of aryl methyl sites for hydroxylation is 1. The van der Waals surface area contributed by atoms with Gasteiger partial charge in [0, 0.05) is 6.21 Å². The molecule has 0 atom stereocenters. The van der Waals surface area contributed by atoms with Gasteiger partial charge in [0.25, 0.3) is 0 Å². The van der Waals surface area contributed by atoms with Crippen LogP contribution in [-0.4, -0.2) is 12.8 Å². The molecule has 25 heavy (non-hydrogen) atoms. The highest BCUT2D eigenvalue weighted by Crippen LogP contribution is 2.18. The molecule has 0 unspecified atom stereocenters. The Morgan fingerprint density at radius 2 is 1.52 bits per heavy atom. The van der Waals surface area contributed by atoms with Gasteiger partial charge in [0.1, 0.15) is 5.75 Å². The Morgan fingerprint density at radius 1 is 0.800 bits per heavy atom. The second-order valence-corrected chi connectivity index (χ2v) is 6.51. The van der Waals surface area contributed by atoms with Gasteiger partial charge in [0.2, 0.25) is 0 Å². The Bertz CT molecular complexity index is 614. The fourth-order valence-electron chi connectivity index (χ4n) is 2.64. The van der Waals surface area contributed by atoms with Crippen LogP contribution in [0.25, 0.3) is 0 Å². The van der Waals surface area contributed by atoms with Crippen LogP contribution in [0.2, 0.25) is 0 Å². The van der Waals surface area contributed by atoms with Crippen molar-refractivity contribution in [3.63, 3.8) is 0 Å². The topological polar surface area (TPSA) is 21.6 Å². The van der Waals surface area contributed by atoms with Gasteiger partial charge in [-0.25, -0.2) is 0 Å². The third-order valence-electron chi connectivity index (χ3n) is 4.26. The average molecular weight is 338 g/mol. The van der Waals surface area contributed by atoms with Crippen molar-refractivity contribution in [3.8, 4) is 5.75 Å². The molecule has 0 bridgehead atoms. The van der Waals surface area contributed by atoms with E-state index in [-0.39, 0.29) is 0 Å². The van der Waals surface area contributed by atoms with E-state index in [4.69, 9.17) is 4.74 Å². The average Bonchev–Trinajstić information content (AvgIpc) is 2.66. The van der Waals surface area contributed by atoms with Gasteiger partial charge in [-0.2, -0.15) is 0 Å². The minimum atomic E-state index is 0.782. The fourth-order valence-corrected chi connectivity index (χ4v) is 2.64. The third-order valence-corrected chi connectivity index (χ3v) is 4.26. The lowest BCUT2D eigenvalue weighted by Crippen LogP contribution is -1.95. The zero-order valence-corrected chi connectivity index (χ0v) is 15.7. The highest BCUT2D eigenvalue weighted by Gasteiger charge is 1.96. The summed E-state index contributed by atoms with van der Waals surface area (Å²) in [6.07, 6.45) is 10.6. The van der Waals surface area contributed by atoms with Crippen molar-refractivity contribution in [3.05, 3.63) is 59.7 Å². The fraction of sp³-hybridized carbons (Fsp3) is 0.435. The Labute approximate surface area is 153 Å². The molecule has 2 heteroatoms. The van der Waals surface area contributed by atoms with Crippen LogP contribution < -0.4 is 4.74 Å². The molecule has 0 aliphatic carbocycles. The van der Waals surface area contributed by atoms with E-state index >= 15 is 0 Å². The first-order valence-corrected chi connectivity index (χ1v) is 9.67. The molecular formula is C23H31NO. The lowest BCUT2D eigenvalue weighted by Gasteiger charge is -2.05. The Hall–Kier alpha value is -2.09. The summed E-state index contributed by atoms with van der Waals surface area (Å²) in [7, 11) is 0. The predicted molar refractivity (Wildman–Crippen MR) is 108 cm³/mol. The Balaban J connectivity index is 1.82. The zero-order valence-electron chi connectivity index (χ0n) is 15.7. The molecule has 0 fully saturated rings. The summed E-state index contributed by atoms with van der Waals surface area (Å²) in [6.45, 7) is 5.20. The van der Waals surface area contributed by atoms with Crippen LogP contribution in [0.1, 0.15) is 63.5 Å². The van der Waals surface area contributed by atoms with Crippen LogP contribution in [0.4, 0.5) is 5.69 Å². The Kier molecular flexibility index (Phi) is 8.82. The largest absolute Gasteiger partial charge is 0.494 e. The molecule has 0 radical (unpaired) electrons. The number of hydrogen-bond acceptors (Lipinski definition) is 2. The molecule has 134 valence electrons. The van der Waals surface area contributed by atoms with Crippen molar-refractivity contribution in [1.29, 1.82) is 0 Å². The van der Waals surface area contributed by atoms with Gasteiger partial charge < -0.3 is 4.74 Å². The van der Waals surface area contributed by atoms with Crippen molar-refractivity contribution in [1.82, 2.24) is 0 Å². The van der Waals surface area contributed by atoms with Gasteiger partial charge in [-0.15, -0.1) is 0 Å². The number of hydrogen-bond donors (Lipinski definition) is 0. The summed E-state index contributed by atoms with van der Waals surface area (Å²) in [5.74, 6) is 0.917. The molecule has 0 spiro atoms. The van der Waals surface area contributed by atoms with E-state index in [1.807, 2.05) is 30.5 Å². The van der Waals surface area contributed by atoms with Crippen LogP contribution in [0.15, 0.2) is 53.5 Å². The lowest BCUT2D eigenvalue weighted by molar-refractivity contribution is 0.309. The maximum atomic E-state index is 5.67. The first kappa shape index (κ1) is 19.2. The SMILES string of the molecule is CCCCCCc1ccc(C=Nc2ccc(OCCCC)cc2)cc1. The van der Waals surface area contributed by atoms with Crippen LogP contribution in [0, 0.1) is 0 Å². The van der Waals surface area contributed by atoms with Crippen molar-refractivity contribution in [2.75, 3.05) is 6.61 Å². The molecule has 2 nitrogen and oxygen atoms in total. The molecular weight excluding hydrogens is 306 g/mol. The Morgan fingerprint density at radius 3 is 2.20 bits per heavy atom. The zero-order chi connectivity index (χ0) is 17.7. The van der Waals surface area contributed by atoms with E-state index in [0.29, 0.717) is 0 Å². The van der Waals surface area contributed by atoms with E-state index in [0.717, 1.165) is 36.4 Å².